The Kier molecular flexibility index (Phi) is 4.40. The number of pyridine rings is 1. The molecule has 0 unspecified atom stereocenters. The smallest absolute Gasteiger partial charge is 0.250 e. The second-order valence-electron chi connectivity index (χ2n) is 3.51. The van der Waals surface area contributed by atoms with Crippen molar-refractivity contribution in [3.05, 3.63) is 34.2 Å². The van der Waals surface area contributed by atoms with E-state index in [4.69, 9.17) is 0 Å². The fourth-order valence-corrected chi connectivity index (χ4v) is 1.23. The Hall–Kier alpha value is -1.09. The van der Waals surface area contributed by atoms with Gasteiger partial charge in [0.2, 0.25) is 0 Å². The minimum atomic E-state index is 0.0554. The molecule has 1 N–H and O–H groups in total. The Labute approximate surface area is 84.8 Å². The summed E-state index contributed by atoms with van der Waals surface area (Å²) in [4.78, 5) is 11.3. The normalized spacial score (nSPS) is 10.4. The molecule has 3 nitrogen and oxygen atoms in total. The number of aromatic nitrogens is 1. The molecule has 0 radical (unpaired) electrons. The fourth-order valence-electron chi connectivity index (χ4n) is 1.23. The lowest BCUT2D eigenvalue weighted by Gasteiger charge is -2.04. The highest BCUT2D eigenvalue weighted by Gasteiger charge is 1.94. The van der Waals surface area contributed by atoms with Crippen LogP contribution in [-0.4, -0.2) is 11.1 Å². The van der Waals surface area contributed by atoms with Gasteiger partial charge in [-0.3, -0.25) is 4.79 Å². The quantitative estimate of drug-likeness (QED) is 0.716. The van der Waals surface area contributed by atoms with Crippen LogP contribution in [0, 0.1) is 0 Å². The highest BCUT2D eigenvalue weighted by Crippen LogP contribution is 1.93. The molecule has 0 amide bonds. The summed E-state index contributed by atoms with van der Waals surface area (Å²) in [6.07, 6.45) is 4.19. The van der Waals surface area contributed by atoms with E-state index in [1.54, 1.807) is 23.9 Å². The summed E-state index contributed by atoms with van der Waals surface area (Å²) in [7, 11) is 1.76. The first-order chi connectivity index (χ1) is 6.74. The molecule has 3 heteroatoms. The van der Waals surface area contributed by atoms with E-state index in [2.05, 4.69) is 12.2 Å². The molecule has 0 aromatic carbocycles. The van der Waals surface area contributed by atoms with Gasteiger partial charge in [0.25, 0.3) is 5.56 Å². The largest absolute Gasteiger partial charge is 0.319 e. The number of unbranched alkanes of at least 4 members (excludes halogenated alkanes) is 1. The van der Waals surface area contributed by atoms with Crippen molar-refractivity contribution in [3.63, 3.8) is 0 Å². The van der Waals surface area contributed by atoms with Crippen LogP contribution in [0.1, 0.15) is 25.3 Å². The lowest BCUT2D eigenvalue weighted by molar-refractivity contribution is 0.639. The first-order valence-electron chi connectivity index (χ1n) is 5.10. The SMILES string of the molecule is CCCCNCc1ccn(C)c(=O)c1. The topological polar surface area (TPSA) is 34.0 Å². The van der Waals surface area contributed by atoms with E-state index < -0.39 is 0 Å². The highest BCUT2D eigenvalue weighted by atomic mass is 16.1. The van der Waals surface area contributed by atoms with E-state index in [0.717, 1.165) is 18.7 Å². The molecule has 78 valence electrons. The molecule has 14 heavy (non-hydrogen) atoms. The van der Waals surface area contributed by atoms with Gasteiger partial charge in [-0.1, -0.05) is 13.3 Å². The summed E-state index contributed by atoms with van der Waals surface area (Å²) in [5, 5.41) is 3.30. The van der Waals surface area contributed by atoms with Crippen LogP contribution in [-0.2, 0) is 13.6 Å². The van der Waals surface area contributed by atoms with E-state index in [-0.39, 0.29) is 5.56 Å². The maximum absolute atomic E-state index is 11.3. The third kappa shape index (κ3) is 3.34. The van der Waals surface area contributed by atoms with Gasteiger partial charge in [0.1, 0.15) is 0 Å². The number of hydrogen-bond acceptors (Lipinski definition) is 2. The van der Waals surface area contributed by atoms with Gasteiger partial charge in [0, 0.05) is 25.9 Å². The molecular weight excluding hydrogens is 176 g/mol. The molecule has 0 aliphatic rings. The summed E-state index contributed by atoms with van der Waals surface area (Å²) in [6.45, 7) is 3.97. The molecule has 1 rings (SSSR count). The van der Waals surface area contributed by atoms with Crippen LogP contribution in [0.4, 0.5) is 0 Å². The van der Waals surface area contributed by atoms with Crippen molar-refractivity contribution in [3.8, 4) is 0 Å². The maximum atomic E-state index is 11.3. The van der Waals surface area contributed by atoms with Gasteiger partial charge in [-0.15, -0.1) is 0 Å². The summed E-state index contributed by atoms with van der Waals surface area (Å²) in [6, 6.07) is 3.65. The molecular formula is C11H18N2O. The van der Waals surface area contributed by atoms with Crippen molar-refractivity contribution in [2.45, 2.75) is 26.3 Å². The monoisotopic (exact) mass is 194 g/mol. The Morgan fingerprint density at radius 2 is 2.29 bits per heavy atom. The van der Waals surface area contributed by atoms with E-state index >= 15 is 0 Å². The summed E-state index contributed by atoms with van der Waals surface area (Å²) in [5.74, 6) is 0. The lowest BCUT2D eigenvalue weighted by atomic mass is 10.2. The molecule has 0 aliphatic carbocycles. The zero-order chi connectivity index (χ0) is 10.4. The van der Waals surface area contributed by atoms with Crippen molar-refractivity contribution in [2.75, 3.05) is 6.54 Å². The van der Waals surface area contributed by atoms with Gasteiger partial charge in [-0.2, -0.15) is 0 Å². The second-order valence-corrected chi connectivity index (χ2v) is 3.51. The average molecular weight is 194 g/mol. The Bertz CT molecular complexity index is 330. The second kappa shape index (κ2) is 5.60. The average Bonchev–Trinajstić information content (AvgIpc) is 2.18. The van der Waals surface area contributed by atoms with Crippen LogP contribution in [0.15, 0.2) is 23.1 Å². The first kappa shape index (κ1) is 11.0. The fraction of sp³-hybridized carbons (Fsp3) is 0.545. The van der Waals surface area contributed by atoms with Crippen LogP contribution in [0.25, 0.3) is 0 Å². The molecule has 0 bridgehead atoms. The molecule has 0 saturated carbocycles. The van der Waals surface area contributed by atoms with Gasteiger partial charge in [0.05, 0.1) is 0 Å². The van der Waals surface area contributed by atoms with Crippen LogP contribution in [0.5, 0.6) is 0 Å². The minimum Gasteiger partial charge on any atom is -0.319 e. The molecule has 0 atom stereocenters. The molecule has 1 aromatic rings. The molecule has 1 aromatic heterocycles. The minimum absolute atomic E-state index is 0.0554. The Morgan fingerprint density at radius 3 is 2.93 bits per heavy atom. The van der Waals surface area contributed by atoms with Gasteiger partial charge in [-0.05, 0) is 24.6 Å². The van der Waals surface area contributed by atoms with Gasteiger partial charge >= 0.3 is 0 Å². The Morgan fingerprint density at radius 1 is 1.50 bits per heavy atom. The van der Waals surface area contributed by atoms with Gasteiger partial charge in [-0.25, -0.2) is 0 Å². The zero-order valence-corrected chi connectivity index (χ0v) is 8.92. The van der Waals surface area contributed by atoms with Crippen LogP contribution >= 0.6 is 0 Å². The van der Waals surface area contributed by atoms with Crippen molar-refractivity contribution in [1.82, 2.24) is 9.88 Å². The van der Waals surface area contributed by atoms with Crippen molar-refractivity contribution < 1.29 is 0 Å². The van der Waals surface area contributed by atoms with E-state index in [1.165, 1.54) is 12.8 Å². The third-order valence-corrected chi connectivity index (χ3v) is 2.20. The van der Waals surface area contributed by atoms with E-state index in [1.807, 2.05) is 6.07 Å². The Balaban J connectivity index is 2.44. The van der Waals surface area contributed by atoms with E-state index in [9.17, 15) is 4.79 Å². The predicted molar refractivity (Wildman–Crippen MR) is 58.3 cm³/mol. The van der Waals surface area contributed by atoms with Crippen molar-refractivity contribution in [2.24, 2.45) is 7.05 Å². The molecule has 0 spiro atoms. The summed E-state index contributed by atoms with van der Waals surface area (Å²) < 4.78 is 1.58. The zero-order valence-electron chi connectivity index (χ0n) is 8.92. The standard InChI is InChI=1S/C11H18N2O/c1-3-4-6-12-9-10-5-7-13(2)11(14)8-10/h5,7-8,12H,3-4,6,9H2,1-2H3. The van der Waals surface area contributed by atoms with E-state index in [0.29, 0.717) is 0 Å². The molecule has 0 fully saturated rings. The highest BCUT2D eigenvalue weighted by molar-refractivity contribution is 5.10. The first-order valence-corrected chi connectivity index (χ1v) is 5.10. The summed E-state index contributed by atoms with van der Waals surface area (Å²) in [5.41, 5.74) is 1.11. The maximum Gasteiger partial charge on any atom is 0.250 e. The van der Waals surface area contributed by atoms with Crippen molar-refractivity contribution >= 4 is 0 Å². The lowest BCUT2D eigenvalue weighted by Crippen LogP contribution is -2.19. The molecule has 1 heterocycles. The van der Waals surface area contributed by atoms with Crippen LogP contribution in [0.3, 0.4) is 0 Å². The number of nitrogens with zero attached hydrogens (tertiary/aromatic N) is 1. The molecule has 0 saturated heterocycles. The number of hydrogen-bond donors (Lipinski definition) is 1. The number of aryl methyl sites for hydroxylation is 1. The van der Waals surface area contributed by atoms with Crippen molar-refractivity contribution in [1.29, 1.82) is 0 Å². The molecule has 0 aliphatic heterocycles. The number of rotatable bonds is 5. The van der Waals surface area contributed by atoms with Crippen LogP contribution in [0.2, 0.25) is 0 Å². The van der Waals surface area contributed by atoms with Gasteiger partial charge in [0.15, 0.2) is 0 Å². The third-order valence-electron chi connectivity index (χ3n) is 2.20. The predicted octanol–water partition coefficient (Wildman–Crippen LogP) is 1.27. The number of nitrogens with one attached hydrogen (secondary N) is 1. The van der Waals surface area contributed by atoms with Crippen LogP contribution < -0.4 is 10.9 Å². The summed E-state index contributed by atoms with van der Waals surface area (Å²) >= 11 is 0. The van der Waals surface area contributed by atoms with Gasteiger partial charge < -0.3 is 9.88 Å².